The van der Waals surface area contributed by atoms with Gasteiger partial charge >= 0.3 is 0 Å². The van der Waals surface area contributed by atoms with E-state index in [1.165, 1.54) is 35.1 Å². The number of rotatable bonds is 10. The molecule has 1 aromatic heterocycles. The van der Waals surface area contributed by atoms with E-state index in [0.717, 1.165) is 42.0 Å². The van der Waals surface area contributed by atoms with Crippen LogP contribution in [0.25, 0.3) is 11.3 Å². The monoisotopic (exact) mass is 403 g/mol. The summed E-state index contributed by atoms with van der Waals surface area (Å²) in [6.45, 7) is 7.02. The maximum absolute atomic E-state index is 6.01. The van der Waals surface area contributed by atoms with Crippen molar-refractivity contribution >= 4 is 0 Å². The van der Waals surface area contributed by atoms with E-state index in [2.05, 4.69) is 51.1 Å². The third-order valence-corrected chi connectivity index (χ3v) is 5.56. The van der Waals surface area contributed by atoms with Crippen LogP contribution in [0.2, 0.25) is 0 Å². The number of ether oxygens (including phenoxy) is 2. The Morgan fingerprint density at radius 3 is 2.17 bits per heavy atom. The van der Waals surface area contributed by atoms with Crippen LogP contribution in [0.15, 0.2) is 54.7 Å². The standard InChI is InChI=1S/C27H33NO2/c1-5-8-10-20-13-15-24(16-14-20)30-19-23-18-28-25(17-26(23)29-4)27-21(6-2)11-9-12-22(27)7-3/h9,11-18H,5-8,10,19H2,1-4H3. The second-order valence-electron chi connectivity index (χ2n) is 7.58. The molecule has 0 aliphatic carbocycles. The molecule has 0 saturated carbocycles. The topological polar surface area (TPSA) is 31.4 Å². The van der Waals surface area contributed by atoms with Gasteiger partial charge in [-0.1, -0.05) is 57.5 Å². The highest BCUT2D eigenvalue weighted by Crippen LogP contribution is 2.31. The molecule has 0 aliphatic heterocycles. The predicted molar refractivity (Wildman–Crippen MR) is 124 cm³/mol. The third-order valence-electron chi connectivity index (χ3n) is 5.56. The fourth-order valence-corrected chi connectivity index (χ4v) is 3.77. The molecule has 3 nitrogen and oxygen atoms in total. The first-order valence-electron chi connectivity index (χ1n) is 11.1. The highest BCUT2D eigenvalue weighted by atomic mass is 16.5. The van der Waals surface area contributed by atoms with E-state index < -0.39 is 0 Å². The number of aryl methyl sites for hydroxylation is 3. The van der Waals surface area contributed by atoms with Crippen molar-refractivity contribution in [1.82, 2.24) is 4.98 Å². The van der Waals surface area contributed by atoms with E-state index in [1.54, 1.807) is 7.11 Å². The zero-order valence-electron chi connectivity index (χ0n) is 18.7. The molecule has 0 saturated heterocycles. The van der Waals surface area contributed by atoms with Crippen LogP contribution in [0.4, 0.5) is 0 Å². The zero-order chi connectivity index (χ0) is 21.3. The minimum Gasteiger partial charge on any atom is -0.496 e. The number of benzene rings is 2. The quantitative estimate of drug-likeness (QED) is 0.373. The highest BCUT2D eigenvalue weighted by molar-refractivity contribution is 5.69. The van der Waals surface area contributed by atoms with Crippen LogP contribution in [-0.4, -0.2) is 12.1 Å². The largest absolute Gasteiger partial charge is 0.496 e. The van der Waals surface area contributed by atoms with Gasteiger partial charge in [0.1, 0.15) is 18.1 Å². The van der Waals surface area contributed by atoms with Crippen molar-refractivity contribution in [2.75, 3.05) is 7.11 Å². The summed E-state index contributed by atoms with van der Waals surface area (Å²) in [5.74, 6) is 1.68. The van der Waals surface area contributed by atoms with Gasteiger partial charge in [0.05, 0.1) is 12.8 Å². The van der Waals surface area contributed by atoms with E-state index in [4.69, 9.17) is 14.5 Å². The van der Waals surface area contributed by atoms with Gasteiger partial charge in [-0.05, 0) is 54.5 Å². The highest BCUT2D eigenvalue weighted by Gasteiger charge is 2.14. The molecule has 2 aromatic carbocycles. The van der Waals surface area contributed by atoms with E-state index in [9.17, 15) is 0 Å². The molecule has 3 aromatic rings. The molecule has 1 heterocycles. The summed E-state index contributed by atoms with van der Waals surface area (Å²) in [5, 5.41) is 0. The molecule has 0 bridgehead atoms. The van der Waals surface area contributed by atoms with E-state index in [1.807, 2.05) is 24.4 Å². The number of methoxy groups -OCH3 is 1. The van der Waals surface area contributed by atoms with Crippen LogP contribution in [0.3, 0.4) is 0 Å². The van der Waals surface area contributed by atoms with Crippen molar-refractivity contribution in [1.29, 1.82) is 0 Å². The molecule has 0 amide bonds. The van der Waals surface area contributed by atoms with Crippen LogP contribution in [0.1, 0.15) is 55.9 Å². The maximum atomic E-state index is 6.01. The number of pyridine rings is 1. The van der Waals surface area contributed by atoms with Gasteiger partial charge in [0.2, 0.25) is 0 Å². The number of hydrogen-bond donors (Lipinski definition) is 0. The first kappa shape index (κ1) is 21.9. The second-order valence-corrected chi connectivity index (χ2v) is 7.58. The normalized spacial score (nSPS) is 10.8. The molecule has 3 heteroatoms. The Kier molecular flexibility index (Phi) is 7.89. The van der Waals surface area contributed by atoms with Gasteiger partial charge in [0.25, 0.3) is 0 Å². The average molecular weight is 404 g/mol. The van der Waals surface area contributed by atoms with Crippen molar-refractivity contribution in [2.45, 2.75) is 59.5 Å². The molecule has 0 atom stereocenters. The third kappa shape index (κ3) is 5.21. The first-order chi connectivity index (χ1) is 14.7. The molecule has 30 heavy (non-hydrogen) atoms. The minimum atomic E-state index is 0.431. The molecule has 0 unspecified atom stereocenters. The lowest BCUT2D eigenvalue weighted by Gasteiger charge is -2.15. The predicted octanol–water partition coefficient (Wildman–Crippen LogP) is 6.80. The molecular formula is C27H33NO2. The van der Waals surface area contributed by atoms with Crippen LogP contribution in [-0.2, 0) is 25.9 Å². The molecule has 0 spiro atoms. The molecule has 0 fully saturated rings. The lowest BCUT2D eigenvalue weighted by atomic mass is 9.94. The molecule has 0 aliphatic rings. The van der Waals surface area contributed by atoms with Gasteiger partial charge < -0.3 is 9.47 Å². The Labute approximate surface area is 181 Å². The van der Waals surface area contributed by atoms with Crippen LogP contribution >= 0.6 is 0 Å². The fourth-order valence-electron chi connectivity index (χ4n) is 3.77. The van der Waals surface area contributed by atoms with Gasteiger partial charge in [0.15, 0.2) is 0 Å². The summed E-state index contributed by atoms with van der Waals surface area (Å²) < 4.78 is 11.7. The molecular weight excluding hydrogens is 370 g/mol. The first-order valence-corrected chi connectivity index (χ1v) is 11.1. The summed E-state index contributed by atoms with van der Waals surface area (Å²) in [5.41, 5.74) is 7.13. The summed E-state index contributed by atoms with van der Waals surface area (Å²) >= 11 is 0. The van der Waals surface area contributed by atoms with Crippen molar-refractivity contribution in [2.24, 2.45) is 0 Å². The van der Waals surface area contributed by atoms with Gasteiger partial charge in [-0.15, -0.1) is 0 Å². The van der Waals surface area contributed by atoms with Crippen LogP contribution < -0.4 is 9.47 Å². The van der Waals surface area contributed by atoms with Crippen LogP contribution in [0, 0.1) is 0 Å². The van der Waals surface area contributed by atoms with Crippen LogP contribution in [0.5, 0.6) is 11.5 Å². The van der Waals surface area contributed by atoms with Gasteiger partial charge in [0, 0.05) is 23.4 Å². The lowest BCUT2D eigenvalue weighted by Crippen LogP contribution is -2.02. The van der Waals surface area contributed by atoms with Gasteiger partial charge in [-0.2, -0.15) is 0 Å². The maximum Gasteiger partial charge on any atom is 0.129 e. The Morgan fingerprint density at radius 1 is 0.867 bits per heavy atom. The van der Waals surface area contributed by atoms with Crippen molar-refractivity contribution in [3.05, 3.63) is 77.0 Å². The molecule has 0 N–H and O–H groups in total. The van der Waals surface area contributed by atoms with Crippen molar-refractivity contribution < 1.29 is 9.47 Å². The SMILES string of the molecule is CCCCc1ccc(OCc2cnc(-c3c(CC)cccc3CC)cc2OC)cc1. The number of nitrogens with zero attached hydrogens (tertiary/aromatic N) is 1. The van der Waals surface area contributed by atoms with E-state index in [0.29, 0.717) is 6.61 Å². The summed E-state index contributed by atoms with van der Waals surface area (Å²) in [4.78, 5) is 4.77. The minimum absolute atomic E-state index is 0.431. The lowest BCUT2D eigenvalue weighted by molar-refractivity contribution is 0.296. The molecule has 158 valence electrons. The Balaban J connectivity index is 1.78. The average Bonchev–Trinajstić information content (AvgIpc) is 2.81. The zero-order valence-corrected chi connectivity index (χ0v) is 18.7. The van der Waals surface area contributed by atoms with Crippen molar-refractivity contribution in [3.63, 3.8) is 0 Å². The van der Waals surface area contributed by atoms with Gasteiger partial charge in [-0.25, -0.2) is 0 Å². The van der Waals surface area contributed by atoms with Crippen molar-refractivity contribution in [3.8, 4) is 22.8 Å². The number of hydrogen-bond acceptors (Lipinski definition) is 3. The van der Waals surface area contributed by atoms with E-state index in [-0.39, 0.29) is 0 Å². The summed E-state index contributed by atoms with van der Waals surface area (Å²) in [6, 6.07) is 16.9. The second kappa shape index (κ2) is 10.8. The smallest absolute Gasteiger partial charge is 0.129 e. The van der Waals surface area contributed by atoms with Gasteiger partial charge in [-0.3, -0.25) is 4.98 Å². The molecule has 0 radical (unpaired) electrons. The fraction of sp³-hybridized carbons (Fsp3) is 0.370. The summed E-state index contributed by atoms with van der Waals surface area (Å²) in [6.07, 6.45) is 7.39. The Bertz CT molecular complexity index is 925. The Morgan fingerprint density at radius 2 is 1.57 bits per heavy atom. The number of aromatic nitrogens is 1. The summed E-state index contributed by atoms with van der Waals surface area (Å²) in [7, 11) is 1.71. The Hall–Kier alpha value is -2.81. The number of unbranched alkanes of at least 4 members (excludes halogenated alkanes) is 1. The van der Waals surface area contributed by atoms with E-state index >= 15 is 0 Å². The molecule has 3 rings (SSSR count).